The first-order valence-corrected chi connectivity index (χ1v) is 10.6. The van der Waals surface area contributed by atoms with Crippen LogP contribution in [0.5, 0.6) is 0 Å². The quantitative estimate of drug-likeness (QED) is 0.433. The Morgan fingerprint density at radius 1 is 1.03 bits per heavy atom. The molecule has 7 heteroatoms. The maximum Gasteiger partial charge on any atom is 0.273 e. The molecule has 0 amide bonds. The van der Waals surface area contributed by atoms with Gasteiger partial charge in [0.1, 0.15) is 0 Å². The van der Waals surface area contributed by atoms with Crippen LogP contribution < -0.4 is 5.56 Å². The Hall–Kier alpha value is -4.02. The number of nitrogens with one attached hydrogen (secondary N) is 2. The van der Waals surface area contributed by atoms with Crippen LogP contribution in [0.4, 0.5) is 0 Å². The van der Waals surface area contributed by atoms with E-state index in [0.29, 0.717) is 23.2 Å². The number of aryl methyl sites for hydroxylation is 1. The second-order valence-electron chi connectivity index (χ2n) is 7.22. The van der Waals surface area contributed by atoms with Crippen LogP contribution in [-0.4, -0.2) is 20.2 Å². The number of aromatic nitrogens is 4. The Kier molecular flexibility index (Phi) is 4.69. The van der Waals surface area contributed by atoms with Crippen molar-refractivity contribution in [2.75, 3.05) is 0 Å². The Labute approximate surface area is 181 Å². The van der Waals surface area contributed by atoms with E-state index in [0.717, 1.165) is 38.4 Å². The van der Waals surface area contributed by atoms with Gasteiger partial charge in [0.25, 0.3) is 5.56 Å². The standard InChI is InChI=1S/C24H17N5OS/c1-14-23(24(30)29-28-14)20-11-18(17-8-4-5-9-19(17)26-20)21-13-31-22(27-21)10-15-6-2-3-7-16(15)12-25/h2-9,11,13H,10H2,1H3,(H2,28,29,30). The number of thiazole rings is 1. The van der Waals surface area contributed by atoms with E-state index in [1.54, 1.807) is 11.3 Å². The summed E-state index contributed by atoms with van der Waals surface area (Å²) < 4.78 is 0. The monoisotopic (exact) mass is 423 g/mol. The van der Waals surface area contributed by atoms with E-state index in [2.05, 4.69) is 16.3 Å². The topological polar surface area (TPSA) is 98.2 Å². The summed E-state index contributed by atoms with van der Waals surface area (Å²) in [6.07, 6.45) is 0.598. The summed E-state index contributed by atoms with van der Waals surface area (Å²) in [5.74, 6) is 0. The van der Waals surface area contributed by atoms with Gasteiger partial charge in [0.15, 0.2) is 0 Å². The number of fused-ring (bicyclic) bond motifs is 1. The number of hydrogen-bond acceptors (Lipinski definition) is 5. The Morgan fingerprint density at radius 2 is 1.84 bits per heavy atom. The molecule has 2 aromatic carbocycles. The van der Waals surface area contributed by atoms with Gasteiger partial charge in [-0.2, -0.15) is 5.26 Å². The van der Waals surface area contributed by atoms with Crippen LogP contribution >= 0.6 is 11.3 Å². The molecule has 0 unspecified atom stereocenters. The summed E-state index contributed by atoms with van der Waals surface area (Å²) in [7, 11) is 0. The number of nitrogens with zero attached hydrogens (tertiary/aromatic N) is 3. The molecule has 0 saturated carbocycles. The number of benzene rings is 2. The van der Waals surface area contributed by atoms with Crippen molar-refractivity contribution in [2.45, 2.75) is 13.3 Å². The molecule has 0 atom stereocenters. The van der Waals surface area contributed by atoms with E-state index < -0.39 is 0 Å². The lowest BCUT2D eigenvalue weighted by Gasteiger charge is -2.07. The molecular formula is C24H17N5OS. The molecule has 150 valence electrons. The third-order valence-corrected chi connectivity index (χ3v) is 6.09. The summed E-state index contributed by atoms with van der Waals surface area (Å²) >= 11 is 1.56. The van der Waals surface area contributed by atoms with E-state index in [1.165, 1.54) is 0 Å². The summed E-state index contributed by atoms with van der Waals surface area (Å²) in [5, 5.41) is 18.8. The number of para-hydroxylation sites is 1. The molecule has 0 fully saturated rings. The fourth-order valence-electron chi connectivity index (χ4n) is 3.73. The SMILES string of the molecule is Cc1[nH][nH]c(=O)c1-c1cc(-c2csc(Cc3ccccc3C#N)n2)c2ccccc2n1. The first-order valence-electron chi connectivity index (χ1n) is 9.74. The highest BCUT2D eigenvalue weighted by Crippen LogP contribution is 2.33. The van der Waals surface area contributed by atoms with Crippen molar-refractivity contribution in [3.63, 3.8) is 0 Å². The van der Waals surface area contributed by atoms with Gasteiger partial charge in [-0.25, -0.2) is 9.97 Å². The van der Waals surface area contributed by atoms with Crippen LogP contribution in [0.1, 0.15) is 21.8 Å². The minimum Gasteiger partial charge on any atom is -0.302 e. The first kappa shape index (κ1) is 19.0. The molecule has 3 aromatic heterocycles. The highest BCUT2D eigenvalue weighted by molar-refractivity contribution is 7.10. The van der Waals surface area contributed by atoms with Gasteiger partial charge in [0.2, 0.25) is 0 Å². The lowest BCUT2D eigenvalue weighted by atomic mass is 10.0. The third kappa shape index (κ3) is 3.43. The van der Waals surface area contributed by atoms with E-state index >= 15 is 0 Å². The maximum atomic E-state index is 12.3. The molecule has 6 nitrogen and oxygen atoms in total. The predicted octanol–water partition coefficient (Wildman–Crippen LogP) is 4.81. The van der Waals surface area contributed by atoms with E-state index in [4.69, 9.17) is 9.97 Å². The van der Waals surface area contributed by atoms with Crippen molar-refractivity contribution in [1.82, 2.24) is 20.2 Å². The van der Waals surface area contributed by atoms with Crippen LogP contribution in [0.15, 0.2) is 64.8 Å². The molecule has 0 aliphatic heterocycles. The fourth-order valence-corrected chi connectivity index (χ4v) is 4.55. The highest BCUT2D eigenvalue weighted by atomic mass is 32.1. The van der Waals surface area contributed by atoms with Crippen molar-refractivity contribution < 1.29 is 0 Å². The van der Waals surface area contributed by atoms with Gasteiger partial charge in [-0.05, 0) is 30.7 Å². The number of pyridine rings is 1. The molecule has 0 spiro atoms. The van der Waals surface area contributed by atoms with Gasteiger partial charge < -0.3 is 5.10 Å². The van der Waals surface area contributed by atoms with Crippen LogP contribution in [-0.2, 0) is 6.42 Å². The molecular weight excluding hydrogens is 406 g/mol. The number of rotatable bonds is 4. The number of aromatic amines is 2. The van der Waals surface area contributed by atoms with Crippen LogP contribution in [0, 0.1) is 18.3 Å². The number of hydrogen-bond donors (Lipinski definition) is 2. The molecule has 0 radical (unpaired) electrons. The van der Waals surface area contributed by atoms with Crippen LogP contribution in [0.25, 0.3) is 33.4 Å². The van der Waals surface area contributed by atoms with E-state index in [-0.39, 0.29) is 5.56 Å². The summed E-state index contributed by atoms with van der Waals surface area (Å²) in [6.45, 7) is 1.84. The molecule has 5 rings (SSSR count). The van der Waals surface area contributed by atoms with E-state index in [1.807, 2.05) is 66.9 Å². The number of nitriles is 1. The molecule has 0 aliphatic rings. The van der Waals surface area contributed by atoms with Crippen molar-refractivity contribution >= 4 is 22.2 Å². The molecule has 31 heavy (non-hydrogen) atoms. The zero-order valence-corrected chi connectivity index (χ0v) is 17.5. The van der Waals surface area contributed by atoms with Crippen molar-refractivity contribution in [3.8, 4) is 28.6 Å². The summed E-state index contributed by atoms with van der Waals surface area (Å²) in [4.78, 5) is 21.9. The second kappa shape index (κ2) is 7.67. The second-order valence-corrected chi connectivity index (χ2v) is 8.17. The zero-order chi connectivity index (χ0) is 21.4. The summed E-state index contributed by atoms with van der Waals surface area (Å²) in [6, 6.07) is 19.6. The smallest absolute Gasteiger partial charge is 0.273 e. The van der Waals surface area contributed by atoms with Crippen molar-refractivity contribution in [1.29, 1.82) is 5.26 Å². The third-order valence-electron chi connectivity index (χ3n) is 5.25. The molecule has 0 aliphatic carbocycles. The maximum absolute atomic E-state index is 12.3. The fraction of sp³-hybridized carbons (Fsp3) is 0.0833. The Morgan fingerprint density at radius 3 is 2.65 bits per heavy atom. The molecule has 2 N–H and O–H groups in total. The lowest BCUT2D eigenvalue weighted by molar-refractivity contribution is 1.02. The van der Waals surface area contributed by atoms with Crippen LogP contribution in [0.2, 0.25) is 0 Å². The largest absolute Gasteiger partial charge is 0.302 e. The van der Waals surface area contributed by atoms with Gasteiger partial charge in [-0.15, -0.1) is 11.3 Å². The molecule has 3 heterocycles. The number of H-pyrrole nitrogens is 2. The predicted molar refractivity (Wildman–Crippen MR) is 122 cm³/mol. The first-order chi connectivity index (χ1) is 15.1. The normalized spacial score (nSPS) is 11.0. The van der Waals surface area contributed by atoms with E-state index in [9.17, 15) is 10.1 Å². The van der Waals surface area contributed by atoms with Crippen LogP contribution in [0.3, 0.4) is 0 Å². The average Bonchev–Trinajstić information content (AvgIpc) is 3.39. The summed E-state index contributed by atoms with van der Waals surface area (Å²) in [5.41, 5.74) is 5.88. The van der Waals surface area contributed by atoms with Gasteiger partial charge in [0, 0.05) is 28.4 Å². The van der Waals surface area contributed by atoms with Gasteiger partial charge in [-0.1, -0.05) is 36.4 Å². The molecule has 5 aromatic rings. The molecule has 0 bridgehead atoms. The Bertz CT molecular complexity index is 1520. The van der Waals surface area contributed by atoms with Crippen molar-refractivity contribution in [3.05, 3.63) is 92.2 Å². The minimum atomic E-state index is -0.196. The minimum absolute atomic E-state index is 0.196. The zero-order valence-electron chi connectivity index (χ0n) is 16.6. The highest BCUT2D eigenvalue weighted by Gasteiger charge is 2.16. The van der Waals surface area contributed by atoms with Crippen molar-refractivity contribution in [2.24, 2.45) is 0 Å². The van der Waals surface area contributed by atoms with Gasteiger partial charge in [0.05, 0.1) is 39.1 Å². The average molecular weight is 424 g/mol. The van der Waals surface area contributed by atoms with Gasteiger partial charge in [-0.3, -0.25) is 9.89 Å². The molecule has 0 saturated heterocycles. The lowest BCUT2D eigenvalue weighted by Crippen LogP contribution is -2.03. The Balaban J connectivity index is 1.62. The van der Waals surface area contributed by atoms with Gasteiger partial charge >= 0.3 is 0 Å².